The van der Waals surface area contributed by atoms with Crippen molar-refractivity contribution in [2.75, 3.05) is 13.7 Å². The van der Waals surface area contributed by atoms with Crippen LogP contribution in [-0.2, 0) is 30.0 Å². The topological polar surface area (TPSA) is 155 Å². The van der Waals surface area contributed by atoms with Crippen molar-refractivity contribution in [1.82, 2.24) is 34.2 Å². The van der Waals surface area contributed by atoms with Crippen molar-refractivity contribution in [2.45, 2.75) is 37.8 Å². The highest BCUT2D eigenvalue weighted by Gasteiger charge is 2.32. The first kappa shape index (κ1) is 27.4. The second-order valence-electron chi connectivity index (χ2n) is 10.7. The fourth-order valence-electron chi connectivity index (χ4n) is 6.08. The molecule has 13 heteroatoms. The summed E-state index contributed by atoms with van der Waals surface area (Å²) < 4.78 is 24.6. The number of ketones is 1. The van der Waals surface area contributed by atoms with E-state index in [2.05, 4.69) is 20.4 Å². The lowest BCUT2D eigenvalue weighted by Gasteiger charge is -2.15. The number of pyridine rings is 1. The van der Waals surface area contributed by atoms with Crippen molar-refractivity contribution in [3.8, 4) is 22.4 Å². The standard InChI is InChI=1S/C29H31FN8O4/c1-36-14-20(26(30)35-36)24-22(16-6-4-15(5-7-16)10-19(39)12-31)23-25-21(13-32-27(23)34-24)37(2)29(41)38(25)18-9-8-17(11-18)33-28(40)42-3/h4-7,13-14,17-18H,8-12,31H2,1-3H3,(H,32,34)(H,33,40)/t17-,18-/m1/s1. The molecule has 1 saturated carbocycles. The molecule has 4 heterocycles. The predicted octanol–water partition coefficient (Wildman–Crippen LogP) is 2.94. The molecule has 218 valence electrons. The van der Waals surface area contributed by atoms with Crippen molar-refractivity contribution in [1.29, 1.82) is 0 Å². The van der Waals surface area contributed by atoms with Crippen LogP contribution in [0.1, 0.15) is 30.9 Å². The highest BCUT2D eigenvalue weighted by atomic mass is 19.1. The van der Waals surface area contributed by atoms with E-state index < -0.39 is 12.0 Å². The number of hydrogen-bond acceptors (Lipinski definition) is 7. The van der Waals surface area contributed by atoms with Gasteiger partial charge in [0.05, 0.1) is 47.5 Å². The second kappa shape index (κ2) is 10.6. The number of nitrogens with two attached hydrogens (primary N) is 1. The number of halogens is 1. The number of carbonyl (C=O) groups is 2. The van der Waals surface area contributed by atoms with Gasteiger partial charge in [0.2, 0.25) is 5.95 Å². The molecular weight excluding hydrogens is 543 g/mol. The summed E-state index contributed by atoms with van der Waals surface area (Å²) in [7, 11) is 4.66. The number of ether oxygens (including phenoxy) is 1. The molecule has 12 nitrogen and oxygen atoms in total. The van der Waals surface area contributed by atoms with E-state index in [0.717, 1.165) is 11.1 Å². The molecule has 0 spiro atoms. The van der Waals surface area contributed by atoms with Gasteiger partial charge in [-0.2, -0.15) is 4.39 Å². The number of alkyl carbamates (subject to hydrolysis) is 1. The molecule has 0 radical (unpaired) electrons. The quantitative estimate of drug-likeness (QED) is 0.270. The Morgan fingerprint density at radius 1 is 1.21 bits per heavy atom. The number of H-pyrrole nitrogens is 1. The highest BCUT2D eigenvalue weighted by Crippen LogP contribution is 2.43. The van der Waals surface area contributed by atoms with Crippen LogP contribution >= 0.6 is 0 Å². The normalized spacial score (nSPS) is 16.9. The van der Waals surface area contributed by atoms with Gasteiger partial charge in [-0.15, -0.1) is 5.10 Å². The molecule has 0 bridgehead atoms. The largest absolute Gasteiger partial charge is 0.453 e. The van der Waals surface area contributed by atoms with Gasteiger partial charge in [-0.3, -0.25) is 18.6 Å². The first-order chi connectivity index (χ1) is 20.2. The minimum Gasteiger partial charge on any atom is -0.453 e. The van der Waals surface area contributed by atoms with E-state index in [4.69, 9.17) is 10.5 Å². The Kier molecular flexibility index (Phi) is 6.89. The molecule has 6 rings (SSSR count). The van der Waals surface area contributed by atoms with Gasteiger partial charge in [-0.05, 0) is 30.4 Å². The van der Waals surface area contributed by atoms with Gasteiger partial charge in [-0.1, -0.05) is 24.3 Å². The summed E-state index contributed by atoms with van der Waals surface area (Å²) >= 11 is 0. The second-order valence-corrected chi connectivity index (χ2v) is 10.7. The summed E-state index contributed by atoms with van der Waals surface area (Å²) in [5.41, 5.74) is 10.0. The van der Waals surface area contributed by atoms with E-state index in [-0.39, 0.29) is 42.1 Å². The fourth-order valence-corrected chi connectivity index (χ4v) is 6.08. The van der Waals surface area contributed by atoms with Crippen molar-refractivity contribution in [3.63, 3.8) is 0 Å². The molecule has 1 aliphatic rings. The third-order valence-electron chi connectivity index (χ3n) is 8.07. The number of fused-ring (bicyclic) bond motifs is 3. The number of benzene rings is 1. The number of nitrogens with one attached hydrogen (secondary N) is 2. The van der Waals surface area contributed by atoms with Crippen molar-refractivity contribution < 1.29 is 18.7 Å². The van der Waals surface area contributed by atoms with Crippen LogP contribution in [0.2, 0.25) is 0 Å². The zero-order valence-electron chi connectivity index (χ0n) is 23.5. The van der Waals surface area contributed by atoms with Gasteiger partial charge in [0.15, 0.2) is 5.78 Å². The lowest BCUT2D eigenvalue weighted by Crippen LogP contribution is -2.33. The number of imidazole rings is 1. The Labute approximate surface area is 239 Å². The van der Waals surface area contributed by atoms with Gasteiger partial charge in [-0.25, -0.2) is 14.6 Å². The molecule has 1 amide bonds. The van der Waals surface area contributed by atoms with Crippen LogP contribution in [0.15, 0.2) is 41.5 Å². The molecule has 2 atom stereocenters. The molecule has 0 saturated heterocycles. The molecule has 1 fully saturated rings. The molecule has 0 aliphatic heterocycles. The number of Topliss-reactive ketones (excluding diaryl/α,β-unsaturated/α-hetero) is 1. The van der Waals surface area contributed by atoms with Crippen LogP contribution in [0.4, 0.5) is 9.18 Å². The summed E-state index contributed by atoms with van der Waals surface area (Å²) in [4.78, 5) is 45.5. The molecule has 1 aromatic carbocycles. The third kappa shape index (κ3) is 4.55. The number of carbonyl (C=O) groups excluding carboxylic acids is 2. The van der Waals surface area contributed by atoms with E-state index in [1.165, 1.54) is 11.8 Å². The predicted molar refractivity (Wildman–Crippen MR) is 154 cm³/mol. The van der Waals surface area contributed by atoms with Gasteiger partial charge in [0.25, 0.3) is 0 Å². The molecule has 0 unspecified atom stereocenters. The first-order valence-corrected chi connectivity index (χ1v) is 13.7. The van der Waals surface area contributed by atoms with Crippen LogP contribution < -0.4 is 16.7 Å². The number of aromatic amines is 1. The van der Waals surface area contributed by atoms with Crippen LogP contribution in [0, 0.1) is 5.95 Å². The zero-order valence-corrected chi connectivity index (χ0v) is 23.5. The monoisotopic (exact) mass is 574 g/mol. The smallest absolute Gasteiger partial charge is 0.407 e. The minimum absolute atomic E-state index is 0.0407. The van der Waals surface area contributed by atoms with Gasteiger partial charge in [0, 0.05) is 44.4 Å². The van der Waals surface area contributed by atoms with Crippen LogP contribution in [0.5, 0.6) is 0 Å². The van der Waals surface area contributed by atoms with Crippen molar-refractivity contribution >= 4 is 33.9 Å². The number of amides is 1. The highest BCUT2D eigenvalue weighted by molar-refractivity contribution is 6.14. The van der Waals surface area contributed by atoms with E-state index in [1.54, 1.807) is 35.6 Å². The summed E-state index contributed by atoms with van der Waals surface area (Å²) in [5, 5.41) is 7.42. The maximum absolute atomic E-state index is 15.1. The van der Waals surface area contributed by atoms with E-state index in [1.807, 2.05) is 24.3 Å². The lowest BCUT2D eigenvalue weighted by atomic mass is 9.97. The average molecular weight is 575 g/mol. The Morgan fingerprint density at radius 3 is 2.64 bits per heavy atom. The summed E-state index contributed by atoms with van der Waals surface area (Å²) in [6.07, 6.45) is 4.84. The number of hydrogen-bond donors (Lipinski definition) is 3. The Hall–Kier alpha value is -4.78. The SMILES string of the molecule is COC(=O)N[C@@H]1CC[C@@H](n2c(=O)n(C)c3cnc4[nH]c(-c5cn(C)nc5F)c(-c5ccc(CC(=O)CN)cc5)c4c32)C1. The van der Waals surface area contributed by atoms with Crippen molar-refractivity contribution in [2.24, 2.45) is 19.8 Å². The van der Waals surface area contributed by atoms with Crippen LogP contribution in [0.25, 0.3) is 44.5 Å². The Morgan fingerprint density at radius 2 is 1.98 bits per heavy atom. The number of aryl methyl sites for hydroxylation is 2. The van der Waals surface area contributed by atoms with Gasteiger partial charge < -0.3 is 20.8 Å². The zero-order chi connectivity index (χ0) is 29.7. The van der Waals surface area contributed by atoms with Gasteiger partial charge >= 0.3 is 11.8 Å². The maximum Gasteiger partial charge on any atom is 0.407 e. The molecule has 42 heavy (non-hydrogen) atoms. The number of methoxy groups -OCH3 is 1. The van der Waals surface area contributed by atoms with E-state index in [0.29, 0.717) is 52.6 Å². The molecule has 1 aliphatic carbocycles. The Balaban J connectivity index is 1.59. The van der Waals surface area contributed by atoms with Crippen LogP contribution in [0.3, 0.4) is 0 Å². The maximum atomic E-state index is 15.1. The Bertz CT molecular complexity index is 1900. The number of nitrogens with zero attached hydrogens (tertiary/aromatic N) is 5. The molecule has 4 aromatic heterocycles. The van der Waals surface area contributed by atoms with E-state index in [9.17, 15) is 14.4 Å². The summed E-state index contributed by atoms with van der Waals surface area (Å²) in [6.45, 7) is -0.0407. The van der Waals surface area contributed by atoms with Crippen LogP contribution in [-0.4, -0.2) is 60.5 Å². The average Bonchev–Trinajstić information content (AvgIpc) is 3.73. The molecule has 4 N–H and O–H groups in total. The molecule has 5 aromatic rings. The number of rotatable bonds is 7. The fraction of sp³-hybridized carbons (Fsp3) is 0.345. The minimum atomic E-state index is -0.648. The lowest BCUT2D eigenvalue weighted by molar-refractivity contribution is -0.117. The molecular formula is C29H31FN8O4. The van der Waals surface area contributed by atoms with Gasteiger partial charge in [0.1, 0.15) is 5.65 Å². The third-order valence-corrected chi connectivity index (χ3v) is 8.07. The number of aromatic nitrogens is 6. The van der Waals surface area contributed by atoms with E-state index >= 15 is 4.39 Å². The summed E-state index contributed by atoms with van der Waals surface area (Å²) in [5.74, 6) is -0.728. The van der Waals surface area contributed by atoms with Crippen molar-refractivity contribution in [3.05, 3.63) is 58.7 Å². The first-order valence-electron chi connectivity index (χ1n) is 13.7. The summed E-state index contributed by atoms with van der Waals surface area (Å²) in [6, 6.07) is 7.09.